The van der Waals surface area contributed by atoms with Crippen molar-refractivity contribution in [3.8, 4) is 5.88 Å². The number of phosphoric acid groups is 1. The number of rotatable bonds is 11. The molecule has 1 saturated heterocycles. The number of aliphatic hydroxyl groups is 1. The van der Waals surface area contributed by atoms with Crippen molar-refractivity contribution in [2.24, 2.45) is 0 Å². The molecule has 16 heteroatoms. The van der Waals surface area contributed by atoms with Crippen LogP contribution in [0.5, 0.6) is 5.88 Å². The molecule has 1 N–H and O–H groups in total. The predicted octanol–water partition coefficient (Wildman–Crippen LogP) is 5.09. The van der Waals surface area contributed by atoms with E-state index in [1.807, 2.05) is 0 Å². The maximum absolute atomic E-state index is 15.2. The van der Waals surface area contributed by atoms with E-state index in [4.69, 9.17) is 23.0 Å². The van der Waals surface area contributed by atoms with Gasteiger partial charge in [0.15, 0.2) is 12.2 Å². The van der Waals surface area contributed by atoms with Gasteiger partial charge in [-0.05, 0) is 70.8 Å². The van der Waals surface area contributed by atoms with E-state index in [2.05, 4.69) is 9.68 Å². The lowest BCUT2D eigenvalue weighted by atomic mass is 9.97. The van der Waals surface area contributed by atoms with Crippen molar-refractivity contribution < 1.29 is 55.6 Å². The zero-order valence-corrected chi connectivity index (χ0v) is 26.8. The molecule has 2 atom stereocenters. The van der Waals surface area contributed by atoms with Crippen LogP contribution in [0.2, 0.25) is 0 Å². The molecule has 4 rings (SSSR count). The molecule has 248 valence electrons. The average Bonchev–Trinajstić information content (AvgIpc) is 3.57. The summed E-state index contributed by atoms with van der Waals surface area (Å²) in [7, 11) is -4.16. The van der Waals surface area contributed by atoms with Gasteiger partial charge in [0, 0.05) is 24.7 Å². The van der Waals surface area contributed by atoms with Gasteiger partial charge < -0.3 is 24.0 Å². The van der Waals surface area contributed by atoms with Gasteiger partial charge in [-0.25, -0.2) is 18.1 Å². The first-order chi connectivity index (χ1) is 20.9. The molecule has 0 aliphatic carbocycles. The molecule has 1 aromatic carbocycles. The normalized spacial score (nSPS) is 18.6. The van der Waals surface area contributed by atoms with Crippen molar-refractivity contribution >= 4 is 31.1 Å². The number of ether oxygens (including phenoxy) is 2. The molecule has 2 aliphatic heterocycles. The predicted molar refractivity (Wildman–Crippen MR) is 156 cm³/mol. The maximum Gasteiger partial charge on any atom is 0.475 e. The quantitative estimate of drug-likeness (QED) is 0.322. The van der Waals surface area contributed by atoms with Crippen LogP contribution >= 0.6 is 7.82 Å². The lowest BCUT2D eigenvalue weighted by Crippen LogP contribution is -2.43. The van der Waals surface area contributed by atoms with Crippen LogP contribution in [-0.4, -0.2) is 83.4 Å². The van der Waals surface area contributed by atoms with Crippen molar-refractivity contribution in [3.05, 3.63) is 47.7 Å². The fourth-order valence-corrected chi connectivity index (χ4v) is 6.39. The van der Waals surface area contributed by atoms with E-state index in [0.717, 1.165) is 17.0 Å². The third-order valence-corrected chi connectivity index (χ3v) is 8.34. The van der Waals surface area contributed by atoms with Gasteiger partial charge >= 0.3 is 13.9 Å². The number of aromatic nitrogens is 1. The Morgan fingerprint density at radius 1 is 1.16 bits per heavy atom. The number of carbonyl (C=O) groups excluding carboxylic acids is 2. The number of benzene rings is 1. The number of hydrogen-bond acceptors (Lipinski definition) is 11. The highest BCUT2D eigenvalue weighted by Crippen LogP contribution is 2.55. The summed E-state index contributed by atoms with van der Waals surface area (Å²) in [5.41, 5.74) is -1.80. The van der Waals surface area contributed by atoms with Crippen LogP contribution in [0.15, 0.2) is 35.1 Å². The summed E-state index contributed by atoms with van der Waals surface area (Å²) in [6.07, 6.45) is -0.296. The molecule has 45 heavy (non-hydrogen) atoms. The average molecular weight is 658 g/mol. The third-order valence-electron chi connectivity index (χ3n) is 6.33. The van der Waals surface area contributed by atoms with Crippen molar-refractivity contribution in [3.63, 3.8) is 0 Å². The highest BCUT2D eigenvalue weighted by molar-refractivity contribution is 7.48. The number of hydrogen-bond donors (Lipinski definition) is 1. The molecular weight excluding hydrogens is 619 g/mol. The number of amides is 2. The van der Waals surface area contributed by atoms with Gasteiger partial charge in [0.1, 0.15) is 24.5 Å². The Kier molecular flexibility index (Phi) is 10.4. The van der Waals surface area contributed by atoms with Gasteiger partial charge in [0.05, 0.1) is 30.0 Å². The van der Waals surface area contributed by atoms with Gasteiger partial charge in [-0.15, -0.1) is 0 Å². The van der Waals surface area contributed by atoms with E-state index < -0.39 is 61.5 Å². The van der Waals surface area contributed by atoms with Crippen LogP contribution in [-0.2, 0) is 27.7 Å². The zero-order valence-electron chi connectivity index (χ0n) is 26.0. The van der Waals surface area contributed by atoms with E-state index in [-0.39, 0.29) is 49.8 Å². The van der Waals surface area contributed by atoms with Crippen molar-refractivity contribution in [1.82, 2.24) is 10.1 Å². The molecule has 0 unspecified atom stereocenters. The van der Waals surface area contributed by atoms with Crippen LogP contribution < -0.4 is 9.64 Å². The van der Waals surface area contributed by atoms with Gasteiger partial charge in [0.25, 0.3) is 11.8 Å². The van der Waals surface area contributed by atoms with Crippen LogP contribution in [0.4, 0.5) is 19.3 Å². The van der Waals surface area contributed by atoms with Crippen LogP contribution in [0.3, 0.4) is 0 Å². The molecule has 2 aromatic rings. The summed E-state index contributed by atoms with van der Waals surface area (Å²) in [6.45, 7) is 9.23. The first-order valence-corrected chi connectivity index (χ1v) is 15.7. The summed E-state index contributed by atoms with van der Waals surface area (Å²) >= 11 is 0. The second kappa shape index (κ2) is 13.6. The molecule has 0 radical (unpaired) electrons. The van der Waals surface area contributed by atoms with E-state index >= 15 is 8.78 Å². The Morgan fingerprint density at radius 3 is 2.33 bits per heavy atom. The number of phosphoric ester groups is 1. The summed E-state index contributed by atoms with van der Waals surface area (Å²) in [6, 6.07) is 3.56. The van der Waals surface area contributed by atoms with Crippen molar-refractivity contribution in [2.45, 2.75) is 71.4 Å². The molecule has 0 bridgehead atoms. The lowest BCUT2D eigenvalue weighted by Gasteiger charge is -2.32. The summed E-state index contributed by atoms with van der Waals surface area (Å²) in [5.74, 6) is -2.31. The highest BCUT2D eigenvalue weighted by Gasteiger charge is 2.39. The van der Waals surface area contributed by atoms with Gasteiger partial charge in [0.2, 0.25) is 0 Å². The smallest absolute Gasteiger partial charge is 0.471 e. The third kappa shape index (κ3) is 9.33. The van der Waals surface area contributed by atoms with E-state index in [0.29, 0.717) is 5.57 Å². The minimum Gasteiger partial charge on any atom is -0.471 e. The Balaban J connectivity index is 1.36. The monoisotopic (exact) mass is 657 g/mol. The topological polar surface area (TPSA) is 150 Å². The second-order valence-electron chi connectivity index (χ2n) is 12.5. The Bertz CT molecular complexity index is 1410. The van der Waals surface area contributed by atoms with E-state index in [1.54, 1.807) is 41.5 Å². The van der Waals surface area contributed by atoms with Crippen molar-refractivity contribution in [1.29, 1.82) is 0 Å². The van der Waals surface area contributed by atoms with E-state index in [1.165, 1.54) is 23.3 Å². The first kappa shape index (κ1) is 34.5. The lowest BCUT2D eigenvalue weighted by molar-refractivity contribution is -0.141. The minimum atomic E-state index is -4.16. The molecule has 2 amide bonds. The Hall–Kier alpha value is -3.36. The van der Waals surface area contributed by atoms with Gasteiger partial charge in [-0.3, -0.25) is 23.3 Å². The Morgan fingerprint density at radius 2 is 1.80 bits per heavy atom. The SMILES string of the molecule is CC(C)(C)OP(=O)(OC[C@@H](O)C(=O)N1CC=C(c2c(F)cc(N3C[C@H](COc4ccon4)OC3=O)cc2F)CC1)OC(C)(C)C. The number of carbonyl (C=O) groups is 2. The number of nitrogens with zero attached hydrogens (tertiary/aromatic N) is 3. The highest BCUT2D eigenvalue weighted by atomic mass is 31.2. The zero-order chi connectivity index (χ0) is 33.2. The molecule has 3 heterocycles. The molecule has 13 nitrogen and oxygen atoms in total. The van der Waals surface area contributed by atoms with Crippen molar-refractivity contribution in [2.75, 3.05) is 37.7 Å². The summed E-state index contributed by atoms with van der Waals surface area (Å²) in [4.78, 5) is 27.7. The van der Waals surface area contributed by atoms with Gasteiger partial charge in [-0.1, -0.05) is 6.08 Å². The fourth-order valence-electron chi connectivity index (χ4n) is 4.58. The number of anilines is 1. The molecule has 1 fully saturated rings. The summed E-state index contributed by atoms with van der Waals surface area (Å²) in [5, 5.41) is 14.1. The Labute approximate surface area is 259 Å². The molecule has 2 aliphatic rings. The molecular formula is C29H38F2N3O10P. The minimum absolute atomic E-state index is 0.000829. The standard InChI is InChI=1S/C29H38F2N3O10P/c1-28(2,3)43-45(38,44-29(4,5)6)41-17-23(35)26(36)33-10-7-18(8-11-33)25-21(30)13-19(14-22(25)31)34-15-20(42-27(34)37)16-39-24-9-12-40-32-24/h7,9,12-14,20,23,35H,8,10-11,15-17H2,1-6H3/t20-,23-/m1/s1. The summed E-state index contributed by atoms with van der Waals surface area (Å²) < 4.78 is 75.3. The number of aliphatic hydroxyl groups excluding tert-OH is 1. The second-order valence-corrected chi connectivity index (χ2v) is 14.0. The van der Waals surface area contributed by atoms with Gasteiger partial charge in [-0.2, -0.15) is 0 Å². The molecule has 0 saturated carbocycles. The van der Waals surface area contributed by atoms with E-state index in [9.17, 15) is 19.3 Å². The number of cyclic esters (lactones) is 1. The fraction of sp³-hybridized carbons (Fsp3) is 0.552. The molecule has 0 spiro atoms. The molecule has 1 aromatic heterocycles. The first-order valence-electron chi connectivity index (χ1n) is 14.3. The maximum atomic E-state index is 15.2. The van der Waals surface area contributed by atoms with Crippen LogP contribution in [0.1, 0.15) is 53.5 Å². The largest absolute Gasteiger partial charge is 0.475 e. The van der Waals surface area contributed by atoms with Crippen LogP contribution in [0, 0.1) is 11.6 Å². The van der Waals surface area contributed by atoms with Crippen LogP contribution in [0.25, 0.3) is 5.57 Å². The number of halogens is 2.